The molecule has 112 valence electrons. The summed E-state index contributed by atoms with van der Waals surface area (Å²) < 4.78 is 10.5. The molecule has 1 aliphatic rings. The van der Waals surface area contributed by atoms with E-state index in [1.807, 2.05) is 25.1 Å². The molecule has 0 amide bonds. The van der Waals surface area contributed by atoms with Crippen molar-refractivity contribution in [1.29, 1.82) is 0 Å². The number of rotatable bonds is 3. The molecule has 3 rings (SSSR count). The smallest absolute Gasteiger partial charge is 0.259 e. The molecule has 0 radical (unpaired) electrons. The van der Waals surface area contributed by atoms with Gasteiger partial charge in [0.1, 0.15) is 11.4 Å². The van der Waals surface area contributed by atoms with Crippen LogP contribution in [0.4, 0.5) is 0 Å². The maximum absolute atomic E-state index is 10.6. The van der Waals surface area contributed by atoms with E-state index >= 15 is 0 Å². The largest absolute Gasteiger partial charge is 0.496 e. The van der Waals surface area contributed by atoms with E-state index in [9.17, 15) is 5.11 Å². The number of hydrogen-bond acceptors (Lipinski definition) is 6. The number of nitrogens with zero attached hydrogens (tertiary/aromatic N) is 2. The Bertz CT molecular complexity index is 633. The molecule has 1 aromatic heterocycles. The lowest BCUT2D eigenvalue weighted by Gasteiger charge is -2.28. The van der Waals surface area contributed by atoms with Crippen LogP contribution in [0.3, 0.4) is 0 Å². The van der Waals surface area contributed by atoms with Gasteiger partial charge in [0.05, 0.1) is 7.11 Å². The van der Waals surface area contributed by atoms with Crippen LogP contribution in [0.2, 0.25) is 0 Å². The van der Waals surface area contributed by atoms with Gasteiger partial charge >= 0.3 is 0 Å². The van der Waals surface area contributed by atoms with Crippen LogP contribution in [-0.4, -0.2) is 35.4 Å². The molecule has 2 aromatic rings. The minimum absolute atomic E-state index is 0.299. The lowest BCUT2D eigenvalue weighted by molar-refractivity contribution is -0.0228. The van der Waals surface area contributed by atoms with Crippen LogP contribution < -0.4 is 10.1 Å². The number of aryl methyl sites for hydroxylation is 1. The predicted octanol–water partition coefficient (Wildman–Crippen LogP) is 1.62. The molecular weight excluding hydrogens is 270 g/mol. The summed E-state index contributed by atoms with van der Waals surface area (Å²) in [4.78, 5) is 4.38. The van der Waals surface area contributed by atoms with Crippen molar-refractivity contribution < 1.29 is 14.4 Å². The second-order valence-electron chi connectivity index (χ2n) is 5.39. The summed E-state index contributed by atoms with van der Waals surface area (Å²) in [6.45, 7) is 3.45. The quantitative estimate of drug-likeness (QED) is 0.894. The Hall–Kier alpha value is -1.92. The first-order valence-corrected chi connectivity index (χ1v) is 7.05. The van der Waals surface area contributed by atoms with Crippen molar-refractivity contribution in [2.24, 2.45) is 0 Å². The summed E-state index contributed by atoms with van der Waals surface area (Å²) in [5, 5.41) is 17.8. The summed E-state index contributed by atoms with van der Waals surface area (Å²) in [6.07, 6.45) is 1.16. The Kier molecular flexibility index (Phi) is 3.65. The molecule has 1 aromatic carbocycles. The predicted molar refractivity (Wildman–Crippen MR) is 77.0 cm³/mol. The van der Waals surface area contributed by atoms with Crippen LogP contribution in [0, 0.1) is 6.92 Å². The maximum atomic E-state index is 10.6. The van der Waals surface area contributed by atoms with Gasteiger partial charge in [0.2, 0.25) is 5.82 Å². The van der Waals surface area contributed by atoms with Gasteiger partial charge in [0.15, 0.2) is 0 Å². The van der Waals surface area contributed by atoms with Crippen LogP contribution in [0.15, 0.2) is 22.7 Å². The highest BCUT2D eigenvalue weighted by molar-refractivity contribution is 5.58. The molecule has 0 aliphatic carbocycles. The number of nitrogens with one attached hydrogen (secondary N) is 1. The number of piperidine rings is 1. The lowest BCUT2D eigenvalue weighted by atomic mass is 9.92. The Labute approximate surface area is 123 Å². The second kappa shape index (κ2) is 5.46. The van der Waals surface area contributed by atoms with Crippen LogP contribution >= 0.6 is 0 Å². The van der Waals surface area contributed by atoms with Crippen molar-refractivity contribution in [3.63, 3.8) is 0 Å². The van der Waals surface area contributed by atoms with Crippen molar-refractivity contribution in [2.75, 3.05) is 20.2 Å². The van der Waals surface area contributed by atoms with Gasteiger partial charge < -0.3 is 19.7 Å². The van der Waals surface area contributed by atoms with Crippen molar-refractivity contribution in [3.05, 3.63) is 29.7 Å². The van der Waals surface area contributed by atoms with Crippen LogP contribution in [-0.2, 0) is 5.60 Å². The third kappa shape index (κ3) is 2.64. The van der Waals surface area contributed by atoms with Gasteiger partial charge in [0, 0.05) is 5.56 Å². The first kappa shape index (κ1) is 14.0. The first-order valence-electron chi connectivity index (χ1n) is 7.05. The van der Waals surface area contributed by atoms with Gasteiger partial charge in [-0.1, -0.05) is 5.16 Å². The number of aromatic nitrogens is 2. The molecule has 1 fully saturated rings. The fourth-order valence-corrected chi connectivity index (χ4v) is 2.60. The van der Waals surface area contributed by atoms with Gasteiger partial charge in [-0.25, -0.2) is 0 Å². The molecule has 0 atom stereocenters. The van der Waals surface area contributed by atoms with Crippen LogP contribution in [0.5, 0.6) is 5.75 Å². The summed E-state index contributed by atoms with van der Waals surface area (Å²) in [5.41, 5.74) is 0.834. The third-order valence-corrected chi connectivity index (χ3v) is 3.91. The molecule has 2 N–H and O–H groups in total. The normalized spacial score (nSPS) is 17.7. The zero-order valence-corrected chi connectivity index (χ0v) is 12.2. The Morgan fingerprint density at radius 1 is 1.33 bits per heavy atom. The van der Waals surface area contributed by atoms with E-state index in [-0.39, 0.29) is 0 Å². The highest BCUT2D eigenvalue weighted by Crippen LogP contribution is 2.31. The molecular formula is C15H19N3O3. The number of aliphatic hydroxyl groups is 1. The Morgan fingerprint density at radius 2 is 2.10 bits per heavy atom. The molecule has 6 nitrogen and oxygen atoms in total. The van der Waals surface area contributed by atoms with Gasteiger partial charge in [0.25, 0.3) is 5.89 Å². The van der Waals surface area contributed by atoms with Crippen LogP contribution in [0.25, 0.3) is 11.4 Å². The van der Waals surface area contributed by atoms with E-state index in [0.29, 0.717) is 24.6 Å². The maximum Gasteiger partial charge on any atom is 0.259 e. The van der Waals surface area contributed by atoms with Gasteiger partial charge in [-0.2, -0.15) is 4.98 Å². The average molecular weight is 289 g/mol. The minimum Gasteiger partial charge on any atom is -0.496 e. The molecule has 1 aliphatic heterocycles. The average Bonchev–Trinajstić information content (AvgIpc) is 2.98. The lowest BCUT2D eigenvalue weighted by Crippen LogP contribution is -2.39. The van der Waals surface area contributed by atoms with Crippen LogP contribution in [0.1, 0.15) is 24.3 Å². The summed E-state index contributed by atoms with van der Waals surface area (Å²) >= 11 is 0. The van der Waals surface area contributed by atoms with E-state index in [1.165, 1.54) is 0 Å². The monoisotopic (exact) mass is 289 g/mol. The molecule has 0 unspecified atom stereocenters. The van der Waals surface area contributed by atoms with E-state index in [2.05, 4.69) is 15.5 Å². The van der Waals surface area contributed by atoms with E-state index < -0.39 is 5.60 Å². The highest BCUT2D eigenvalue weighted by Gasteiger charge is 2.37. The third-order valence-electron chi connectivity index (χ3n) is 3.91. The van der Waals surface area contributed by atoms with Gasteiger partial charge in [-0.05, 0) is 56.6 Å². The topological polar surface area (TPSA) is 80.4 Å². The number of hydrogen-bond donors (Lipinski definition) is 2. The molecule has 0 spiro atoms. The standard InChI is InChI=1S/C15H19N3O3/c1-10-9-11(3-4-12(10)20-2)13-17-14(21-18-13)15(19)5-7-16-8-6-15/h3-4,9,16,19H,5-8H2,1-2H3. The molecule has 2 heterocycles. The zero-order valence-electron chi connectivity index (χ0n) is 12.2. The Balaban J connectivity index is 1.89. The van der Waals surface area contributed by atoms with Gasteiger partial charge in [-0.3, -0.25) is 0 Å². The summed E-state index contributed by atoms with van der Waals surface area (Å²) in [5.74, 6) is 1.61. The second-order valence-corrected chi connectivity index (χ2v) is 5.39. The van der Waals surface area contributed by atoms with Crippen molar-refractivity contribution in [2.45, 2.75) is 25.4 Å². The minimum atomic E-state index is -1.02. The van der Waals surface area contributed by atoms with Crippen molar-refractivity contribution in [3.8, 4) is 17.1 Å². The molecule has 1 saturated heterocycles. The van der Waals surface area contributed by atoms with E-state index in [4.69, 9.17) is 9.26 Å². The molecule has 21 heavy (non-hydrogen) atoms. The van der Waals surface area contributed by atoms with E-state index in [0.717, 1.165) is 30.0 Å². The summed E-state index contributed by atoms with van der Waals surface area (Å²) in [7, 11) is 1.64. The first-order chi connectivity index (χ1) is 10.1. The fourth-order valence-electron chi connectivity index (χ4n) is 2.60. The summed E-state index contributed by atoms with van der Waals surface area (Å²) in [6, 6.07) is 5.70. The van der Waals surface area contributed by atoms with E-state index in [1.54, 1.807) is 7.11 Å². The Morgan fingerprint density at radius 3 is 2.76 bits per heavy atom. The van der Waals surface area contributed by atoms with Gasteiger partial charge in [-0.15, -0.1) is 0 Å². The zero-order chi connectivity index (χ0) is 14.9. The van der Waals surface area contributed by atoms with Crippen molar-refractivity contribution >= 4 is 0 Å². The molecule has 0 bridgehead atoms. The number of benzene rings is 1. The number of ether oxygens (including phenoxy) is 1. The van der Waals surface area contributed by atoms with Crippen molar-refractivity contribution in [1.82, 2.24) is 15.5 Å². The fraction of sp³-hybridized carbons (Fsp3) is 0.467. The number of methoxy groups -OCH3 is 1. The molecule has 6 heteroatoms. The molecule has 0 saturated carbocycles. The highest BCUT2D eigenvalue weighted by atomic mass is 16.5. The SMILES string of the molecule is COc1ccc(-c2noc(C3(O)CCNCC3)n2)cc1C.